The maximum atomic E-state index is 11.8. The number of carbonyl (C=O) groups is 1. The molecule has 3 aromatic rings. The SMILES string of the molecule is COC(=O)c1sc2nc(-c3ccccc3)nc(C)c2c1C. The van der Waals surface area contributed by atoms with Crippen LogP contribution in [0.3, 0.4) is 0 Å². The van der Waals surface area contributed by atoms with Gasteiger partial charge in [0.05, 0.1) is 12.8 Å². The number of hydrogen-bond donors (Lipinski definition) is 0. The predicted molar refractivity (Wildman–Crippen MR) is 83.7 cm³/mol. The Morgan fingerprint density at radius 3 is 2.52 bits per heavy atom. The van der Waals surface area contributed by atoms with Crippen LogP contribution >= 0.6 is 11.3 Å². The number of aryl methyl sites for hydroxylation is 2. The third-order valence-corrected chi connectivity index (χ3v) is 4.54. The van der Waals surface area contributed by atoms with E-state index in [9.17, 15) is 4.79 Å². The molecule has 0 aliphatic rings. The lowest BCUT2D eigenvalue weighted by Gasteiger charge is -2.03. The average molecular weight is 298 g/mol. The van der Waals surface area contributed by atoms with Crippen LogP contribution in [0.15, 0.2) is 30.3 Å². The molecule has 1 aromatic carbocycles. The molecule has 2 aromatic heterocycles. The number of ether oxygens (including phenoxy) is 1. The largest absolute Gasteiger partial charge is 0.465 e. The molecule has 3 rings (SSSR count). The standard InChI is InChI=1S/C16H14N2O2S/c1-9-12-10(2)17-14(11-7-5-4-6-8-11)18-15(12)21-13(9)16(19)20-3/h4-8H,1-3H3. The highest BCUT2D eigenvalue weighted by Gasteiger charge is 2.19. The van der Waals surface area contributed by atoms with Crippen LogP contribution in [-0.4, -0.2) is 23.0 Å². The molecule has 2 heterocycles. The van der Waals surface area contributed by atoms with Crippen LogP contribution in [0.25, 0.3) is 21.6 Å². The maximum Gasteiger partial charge on any atom is 0.348 e. The monoisotopic (exact) mass is 298 g/mol. The number of aromatic nitrogens is 2. The molecule has 0 fully saturated rings. The second-order valence-corrected chi connectivity index (χ2v) is 5.73. The molecule has 0 saturated carbocycles. The number of thiophene rings is 1. The van der Waals surface area contributed by atoms with Gasteiger partial charge < -0.3 is 4.74 Å². The van der Waals surface area contributed by atoms with Gasteiger partial charge in [-0.15, -0.1) is 11.3 Å². The first-order chi connectivity index (χ1) is 10.1. The summed E-state index contributed by atoms with van der Waals surface area (Å²) in [5.41, 5.74) is 2.73. The molecule has 0 bridgehead atoms. The van der Waals surface area contributed by atoms with E-state index in [1.165, 1.54) is 18.4 Å². The van der Waals surface area contributed by atoms with Crippen molar-refractivity contribution in [3.8, 4) is 11.4 Å². The highest BCUT2D eigenvalue weighted by atomic mass is 32.1. The van der Waals surface area contributed by atoms with Crippen molar-refractivity contribution in [2.24, 2.45) is 0 Å². The third-order valence-electron chi connectivity index (χ3n) is 3.37. The minimum absolute atomic E-state index is 0.323. The number of methoxy groups -OCH3 is 1. The van der Waals surface area contributed by atoms with Crippen molar-refractivity contribution in [2.75, 3.05) is 7.11 Å². The molecule has 4 nitrogen and oxygen atoms in total. The lowest BCUT2D eigenvalue weighted by molar-refractivity contribution is 0.0605. The van der Waals surface area contributed by atoms with E-state index < -0.39 is 0 Å². The Morgan fingerprint density at radius 2 is 1.86 bits per heavy atom. The molecule has 0 radical (unpaired) electrons. The fraction of sp³-hybridized carbons (Fsp3) is 0.188. The molecule has 0 atom stereocenters. The van der Waals surface area contributed by atoms with Crippen LogP contribution < -0.4 is 0 Å². The second kappa shape index (κ2) is 5.26. The zero-order valence-corrected chi connectivity index (χ0v) is 12.8. The number of benzene rings is 1. The van der Waals surface area contributed by atoms with Crippen molar-refractivity contribution in [3.05, 3.63) is 46.5 Å². The summed E-state index contributed by atoms with van der Waals surface area (Å²) in [4.78, 5) is 22.4. The average Bonchev–Trinajstić information content (AvgIpc) is 2.85. The Hall–Kier alpha value is -2.27. The minimum Gasteiger partial charge on any atom is -0.465 e. The normalized spacial score (nSPS) is 10.8. The lowest BCUT2D eigenvalue weighted by atomic mass is 10.1. The summed E-state index contributed by atoms with van der Waals surface area (Å²) in [5, 5.41) is 0.945. The van der Waals surface area contributed by atoms with E-state index in [4.69, 9.17) is 4.74 Å². The van der Waals surface area contributed by atoms with Crippen LogP contribution in [0.5, 0.6) is 0 Å². The summed E-state index contributed by atoms with van der Waals surface area (Å²) in [6, 6.07) is 9.82. The second-order valence-electron chi connectivity index (χ2n) is 4.73. The zero-order valence-electron chi connectivity index (χ0n) is 12.0. The summed E-state index contributed by atoms with van der Waals surface area (Å²) >= 11 is 1.35. The highest BCUT2D eigenvalue weighted by Crippen LogP contribution is 2.33. The van der Waals surface area contributed by atoms with Gasteiger partial charge in [-0.2, -0.15) is 0 Å². The van der Waals surface area contributed by atoms with Gasteiger partial charge in [-0.1, -0.05) is 30.3 Å². The minimum atomic E-state index is -0.323. The van der Waals surface area contributed by atoms with Gasteiger partial charge in [0.15, 0.2) is 5.82 Å². The first-order valence-electron chi connectivity index (χ1n) is 6.53. The molecule has 0 aliphatic carbocycles. The first-order valence-corrected chi connectivity index (χ1v) is 7.35. The van der Waals surface area contributed by atoms with Crippen molar-refractivity contribution in [2.45, 2.75) is 13.8 Å². The van der Waals surface area contributed by atoms with Crippen molar-refractivity contribution in [1.82, 2.24) is 9.97 Å². The van der Waals surface area contributed by atoms with Crippen molar-refractivity contribution < 1.29 is 9.53 Å². The first kappa shape index (κ1) is 13.7. The predicted octanol–water partition coefficient (Wildman–Crippen LogP) is 3.76. The van der Waals surface area contributed by atoms with Gasteiger partial charge in [-0.3, -0.25) is 0 Å². The van der Waals surface area contributed by atoms with E-state index in [1.54, 1.807) is 0 Å². The van der Waals surface area contributed by atoms with Crippen LogP contribution in [0, 0.1) is 13.8 Å². The van der Waals surface area contributed by atoms with Crippen molar-refractivity contribution in [3.63, 3.8) is 0 Å². The Bertz CT molecular complexity index is 825. The molecular weight excluding hydrogens is 284 g/mol. The van der Waals surface area contributed by atoms with Gasteiger partial charge in [0.1, 0.15) is 9.71 Å². The van der Waals surface area contributed by atoms with E-state index in [0.717, 1.165) is 27.0 Å². The summed E-state index contributed by atoms with van der Waals surface area (Å²) in [5.74, 6) is 0.356. The van der Waals surface area contributed by atoms with Gasteiger partial charge in [0.2, 0.25) is 0 Å². The molecule has 21 heavy (non-hydrogen) atoms. The van der Waals surface area contributed by atoms with Gasteiger partial charge in [-0.25, -0.2) is 14.8 Å². The van der Waals surface area contributed by atoms with Gasteiger partial charge >= 0.3 is 5.97 Å². The summed E-state index contributed by atoms with van der Waals surface area (Å²) in [7, 11) is 1.39. The summed E-state index contributed by atoms with van der Waals surface area (Å²) in [6.07, 6.45) is 0. The zero-order chi connectivity index (χ0) is 15.0. The molecule has 5 heteroatoms. The van der Waals surface area contributed by atoms with E-state index in [1.807, 2.05) is 44.2 Å². The summed E-state index contributed by atoms with van der Waals surface area (Å²) < 4.78 is 4.82. The smallest absolute Gasteiger partial charge is 0.348 e. The van der Waals surface area contributed by atoms with Gasteiger partial charge in [0, 0.05) is 10.9 Å². The maximum absolute atomic E-state index is 11.8. The van der Waals surface area contributed by atoms with Crippen LogP contribution in [-0.2, 0) is 4.74 Å². The van der Waals surface area contributed by atoms with Crippen molar-refractivity contribution >= 4 is 27.5 Å². The Morgan fingerprint density at radius 1 is 1.14 bits per heavy atom. The van der Waals surface area contributed by atoms with E-state index in [0.29, 0.717) is 10.7 Å². The number of esters is 1. The number of fused-ring (bicyclic) bond motifs is 1. The quantitative estimate of drug-likeness (QED) is 0.676. The van der Waals surface area contributed by atoms with Crippen LogP contribution in [0.4, 0.5) is 0 Å². The molecule has 0 unspecified atom stereocenters. The van der Waals surface area contributed by atoms with Crippen molar-refractivity contribution in [1.29, 1.82) is 0 Å². The number of carbonyl (C=O) groups excluding carboxylic acids is 1. The molecule has 0 spiro atoms. The Labute approximate surface area is 126 Å². The van der Waals surface area contributed by atoms with Gasteiger partial charge in [0.25, 0.3) is 0 Å². The van der Waals surface area contributed by atoms with E-state index >= 15 is 0 Å². The third kappa shape index (κ3) is 2.29. The Kier molecular flexibility index (Phi) is 3.43. The molecular formula is C16H14N2O2S. The number of rotatable bonds is 2. The molecule has 0 N–H and O–H groups in total. The van der Waals surface area contributed by atoms with E-state index in [-0.39, 0.29) is 5.97 Å². The van der Waals surface area contributed by atoms with Gasteiger partial charge in [-0.05, 0) is 19.4 Å². The van der Waals surface area contributed by atoms with Crippen LogP contribution in [0.1, 0.15) is 20.9 Å². The molecule has 0 amide bonds. The summed E-state index contributed by atoms with van der Waals surface area (Å²) in [6.45, 7) is 3.85. The van der Waals surface area contributed by atoms with E-state index in [2.05, 4.69) is 9.97 Å². The number of hydrogen-bond acceptors (Lipinski definition) is 5. The fourth-order valence-electron chi connectivity index (χ4n) is 2.34. The number of nitrogens with zero attached hydrogens (tertiary/aromatic N) is 2. The molecule has 106 valence electrons. The highest BCUT2D eigenvalue weighted by molar-refractivity contribution is 7.20. The molecule has 0 aliphatic heterocycles. The fourth-order valence-corrected chi connectivity index (χ4v) is 3.49. The topological polar surface area (TPSA) is 52.1 Å². The lowest BCUT2D eigenvalue weighted by Crippen LogP contribution is -1.99. The van der Waals surface area contributed by atoms with Crippen LogP contribution in [0.2, 0.25) is 0 Å². The molecule has 0 saturated heterocycles. The Balaban J connectivity index is 2.23.